The Hall–Kier alpha value is -2.90. The number of unbranched alkanes of at least 4 members (excludes halogenated alkanes) is 2. The lowest BCUT2D eigenvalue weighted by molar-refractivity contribution is -0.158. The van der Waals surface area contributed by atoms with Crippen molar-refractivity contribution in [2.75, 3.05) is 14.2 Å². The van der Waals surface area contributed by atoms with Crippen LogP contribution in [-0.4, -0.2) is 38.1 Å². The Morgan fingerprint density at radius 1 is 0.742 bits per heavy atom. The second-order valence-electron chi connectivity index (χ2n) is 7.23. The first kappa shape index (κ1) is 26.1. The van der Waals surface area contributed by atoms with E-state index in [2.05, 4.69) is 0 Å². The monoisotopic (exact) mass is 436 g/mol. The maximum absolute atomic E-state index is 12.7. The predicted octanol–water partition coefficient (Wildman–Crippen LogP) is 3.76. The van der Waals surface area contributed by atoms with Crippen molar-refractivity contribution in [2.24, 2.45) is 11.8 Å². The minimum atomic E-state index is -1.08. The fourth-order valence-electron chi connectivity index (χ4n) is 2.90. The number of benzene rings is 1. The maximum Gasteiger partial charge on any atom is 0.325 e. The molecule has 0 aliphatic carbocycles. The van der Waals surface area contributed by atoms with Gasteiger partial charge in [-0.1, -0.05) is 45.6 Å². The molecule has 0 bridgehead atoms. The standard InChI is InChI=1S/C23H32O8/c1-6-8-10-16(20(24)28-4)22(26)30-18-13-12-15(3)14-19(18)31-23(27)17(11-9-7-2)21(25)29-5/h12-14,16-17H,6-11H2,1-5H3. The number of carbonyl (C=O) groups is 4. The van der Waals surface area contributed by atoms with Gasteiger partial charge in [0.2, 0.25) is 0 Å². The minimum absolute atomic E-state index is 0.0112. The molecule has 0 radical (unpaired) electrons. The highest BCUT2D eigenvalue weighted by molar-refractivity contribution is 5.97. The molecule has 2 atom stereocenters. The van der Waals surface area contributed by atoms with Crippen LogP contribution in [0.3, 0.4) is 0 Å². The molecule has 0 aromatic heterocycles. The molecule has 0 N–H and O–H groups in total. The number of carbonyl (C=O) groups excluding carboxylic acids is 4. The van der Waals surface area contributed by atoms with E-state index in [0.29, 0.717) is 12.8 Å². The van der Waals surface area contributed by atoms with Gasteiger partial charge in [-0.25, -0.2) is 0 Å². The third-order valence-corrected chi connectivity index (χ3v) is 4.75. The van der Waals surface area contributed by atoms with Crippen LogP contribution in [0.1, 0.15) is 57.9 Å². The molecule has 0 spiro atoms. The van der Waals surface area contributed by atoms with E-state index in [0.717, 1.165) is 18.4 Å². The zero-order valence-electron chi connectivity index (χ0n) is 18.9. The molecule has 8 nitrogen and oxygen atoms in total. The molecular weight excluding hydrogens is 404 g/mol. The maximum atomic E-state index is 12.7. The van der Waals surface area contributed by atoms with Gasteiger partial charge in [0.05, 0.1) is 14.2 Å². The highest BCUT2D eigenvalue weighted by Crippen LogP contribution is 2.31. The summed E-state index contributed by atoms with van der Waals surface area (Å²) >= 11 is 0. The molecule has 2 unspecified atom stereocenters. The Morgan fingerprint density at radius 3 is 1.61 bits per heavy atom. The summed E-state index contributed by atoms with van der Waals surface area (Å²) in [5.41, 5.74) is 0.751. The summed E-state index contributed by atoms with van der Waals surface area (Å²) in [6, 6.07) is 4.67. The fraction of sp³-hybridized carbons (Fsp3) is 0.565. The van der Waals surface area contributed by atoms with E-state index in [9.17, 15) is 19.2 Å². The van der Waals surface area contributed by atoms with Gasteiger partial charge in [-0.3, -0.25) is 19.2 Å². The molecule has 0 heterocycles. The van der Waals surface area contributed by atoms with Crippen molar-refractivity contribution < 1.29 is 38.1 Å². The van der Waals surface area contributed by atoms with Gasteiger partial charge in [-0.2, -0.15) is 0 Å². The summed E-state index contributed by atoms with van der Waals surface area (Å²) in [7, 11) is 2.41. The lowest BCUT2D eigenvalue weighted by Crippen LogP contribution is -2.30. The first-order valence-electron chi connectivity index (χ1n) is 10.5. The third kappa shape index (κ3) is 8.03. The molecule has 1 aromatic rings. The Kier molecular flexibility index (Phi) is 11.3. The van der Waals surface area contributed by atoms with Gasteiger partial charge >= 0.3 is 23.9 Å². The highest BCUT2D eigenvalue weighted by Gasteiger charge is 2.32. The van der Waals surface area contributed by atoms with Gasteiger partial charge in [-0.05, 0) is 37.5 Å². The molecule has 31 heavy (non-hydrogen) atoms. The van der Waals surface area contributed by atoms with Crippen molar-refractivity contribution in [2.45, 2.75) is 59.3 Å². The van der Waals surface area contributed by atoms with E-state index in [1.165, 1.54) is 26.4 Å². The first-order chi connectivity index (χ1) is 14.8. The van der Waals surface area contributed by atoms with E-state index >= 15 is 0 Å². The summed E-state index contributed by atoms with van der Waals surface area (Å²) in [5.74, 6) is -5.15. The number of hydrogen-bond donors (Lipinski definition) is 0. The largest absolute Gasteiger partial charge is 0.468 e. The molecule has 0 aliphatic heterocycles. The van der Waals surface area contributed by atoms with Crippen molar-refractivity contribution in [3.05, 3.63) is 23.8 Å². The Labute approximate surface area is 183 Å². The van der Waals surface area contributed by atoms with Crippen LogP contribution in [0.15, 0.2) is 18.2 Å². The molecular formula is C23H32O8. The van der Waals surface area contributed by atoms with E-state index < -0.39 is 35.7 Å². The molecule has 1 rings (SSSR count). The van der Waals surface area contributed by atoms with E-state index in [1.54, 1.807) is 13.0 Å². The lowest BCUT2D eigenvalue weighted by Gasteiger charge is -2.17. The lowest BCUT2D eigenvalue weighted by atomic mass is 10.0. The Morgan fingerprint density at radius 2 is 1.19 bits per heavy atom. The van der Waals surface area contributed by atoms with Crippen molar-refractivity contribution in [1.82, 2.24) is 0 Å². The van der Waals surface area contributed by atoms with Crippen LogP contribution in [0.4, 0.5) is 0 Å². The van der Waals surface area contributed by atoms with Crippen molar-refractivity contribution in [3.63, 3.8) is 0 Å². The van der Waals surface area contributed by atoms with E-state index in [1.807, 2.05) is 13.8 Å². The molecule has 0 fully saturated rings. The van der Waals surface area contributed by atoms with Crippen LogP contribution in [0.5, 0.6) is 11.5 Å². The second kappa shape index (κ2) is 13.4. The summed E-state index contributed by atoms with van der Waals surface area (Å²) in [6.45, 7) is 5.65. The van der Waals surface area contributed by atoms with Crippen molar-refractivity contribution in [1.29, 1.82) is 0 Å². The number of aryl methyl sites for hydroxylation is 1. The molecule has 0 aliphatic rings. The molecule has 8 heteroatoms. The smallest absolute Gasteiger partial charge is 0.325 e. The fourth-order valence-corrected chi connectivity index (χ4v) is 2.90. The molecule has 0 saturated heterocycles. The summed E-state index contributed by atoms with van der Waals surface area (Å²) < 4.78 is 20.3. The number of esters is 4. The number of hydrogen-bond acceptors (Lipinski definition) is 8. The number of rotatable bonds is 12. The Balaban J connectivity index is 3.10. The van der Waals surface area contributed by atoms with Gasteiger partial charge in [0.1, 0.15) is 0 Å². The van der Waals surface area contributed by atoms with Crippen LogP contribution < -0.4 is 9.47 Å². The SMILES string of the molecule is CCCCC(C(=O)OC)C(=O)Oc1ccc(C)cc1OC(=O)C(CCCC)C(=O)OC. The van der Waals surface area contributed by atoms with Gasteiger partial charge in [0, 0.05) is 0 Å². The number of methoxy groups -OCH3 is 2. The normalized spacial score (nSPS) is 12.4. The average molecular weight is 437 g/mol. The predicted molar refractivity (Wildman–Crippen MR) is 113 cm³/mol. The summed E-state index contributed by atoms with van der Waals surface area (Å²) in [6.07, 6.45) is 3.43. The quantitative estimate of drug-likeness (QED) is 0.277. The van der Waals surface area contributed by atoms with Gasteiger partial charge in [0.25, 0.3) is 0 Å². The zero-order valence-corrected chi connectivity index (χ0v) is 18.9. The summed E-state index contributed by atoms with van der Waals surface area (Å²) in [4.78, 5) is 49.3. The second-order valence-corrected chi connectivity index (χ2v) is 7.23. The molecule has 172 valence electrons. The molecule has 0 amide bonds. The van der Waals surface area contributed by atoms with Gasteiger partial charge in [-0.15, -0.1) is 0 Å². The number of ether oxygens (including phenoxy) is 4. The first-order valence-corrected chi connectivity index (χ1v) is 10.5. The van der Waals surface area contributed by atoms with Gasteiger partial charge in [0.15, 0.2) is 23.3 Å². The summed E-state index contributed by atoms with van der Waals surface area (Å²) in [5, 5.41) is 0. The van der Waals surface area contributed by atoms with Crippen LogP contribution in [0.25, 0.3) is 0 Å². The van der Waals surface area contributed by atoms with Crippen LogP contribution in [0, 0.1) is 18.8 Å². The van der Waals surface area contributed by atoms with Crippen molar-refractivity contribution in [3.8, 4) is 11.5 Å². The third-order valence-electron chi connectivity index (χ3n) is 4.75. The topological polar surface area (TPSA) is 105 Å². The Bertz CT molecular complexity index is 771. The van der Waals surface area contributed by atoms with E-state index in [-0.39, 0.29) is 24.3 Å². The van der Waals surface area contributed by atoms with Crippen LogP contribution in [-0.2, 0) is 28.7 Å². The zero-order chi connectivity index (χ0) is 23.4. The molecule has 1 aromatic carbocycles. The highest BCUT2D eigenvalue weighted by atomic mass is 16.6. The van der Waals surface area contributed by atoms with Crippen LogP contribution >= 0.6 is 0 Å². The average Bonchev–Trinajstić information content (AvgIpc) is 2.75. The molecule has 0 saturated carbocycles. The van der Waals surface area contributed by atoms with Gasteiger partial charge < -0.3 is 18.9 Å². The minimum Gasteiger partial charge on any atom is -0.468 e. The van der Waals surface area contributed by atoms with E-state index in [4.69, 9.17) is 18.9 Å². The van der Waals surface area contributed by atoms with Crippen molar-refractivity contribution >= 4 is 23.9 Å². The van der Waals surface area contributed by atoms with Crippen LogP contribution in [0.2, 0.25) is 0 Å².